The van der Waals surface area contributed by atoms with Crippen LogP contribution in [0, 0.1) is 5.92 Å². The lowest BCUT2D eigenvalue weighted by Crippen LogP contribution is -2.09. The Morgan fingerprint density at radius 1 is 1.28 bits per heavy atom. The Kier molecular flexibility index (Phi) is 6.18. The Morgan fingerprint density at radius 3 is 2.83 bits per heavy atom. The molecule has 0 saturated carbocycles. The highest BCUT2D eigenvalue weighted by molar-refractivity contribution is 7.99. The highest BCUT2D eigenvalue weighted by Crippen LogP contribution is 2.36. The first-order valence-electron chi connectivity index (χ1n) is 9.64. The van der Waals surface area contributed by atoms with E-state index in [1.54, 1.807) is 0 Å². The van der Waals surface area contributed by atoms with Crippen LogP contribution >= 0.6 is 23.3 Å². The lowest BCUT2D eigenvalue weighted by molar-refractivity contribution is -0.136. The minimum absolute atomic E-state index is 0.0134. The molecule has 5 nitrogen and oxygen atoms in total. The molecule has 150 valence electrons. The SMILES string of the molecule is C[C@H]1CCN(Sc2cc3ccccc3s2)C1.O=C(O)Cc1[nH]nc2ccccc12. The Morgan fingerprint density at radius 2 is 2.07 bits per heavy atom. The Labute approximate surface area is 177 Å². The molecule has 4 aromatic rings. The molecular weight excluding hydrogens is 402 g/mol. The van der Waals surface area contributed by atoms with E-state index in [1.807, 2.05) is 47.6 Å². The Balaban J connectivity index is 0.000000145. The van der Waals surface area contributed by atoms with Gasteiger partial charge in [0, 0.05) is 23.2 Å². The lowest BCUT2D eigenvalue weighted by atomic mass is 10.2. The first-order valence-corrected chi connectivity index (χ1v) is 11.2. The predicted molar refractivity (Wildman–Crippen MR) is 120 cm³/mol. The van der Waals surface area contributed by atoms with Gasteiger partial charge in [-0.15, -0.1) is 11.3 Å². The van der Waals surface area contributed by atoms with Crippen molar-refractivity contribution in [2.24, 2.45) is 5.92 Å². The van der Waals surface area contributed by atoms with Gasteiger partial charge in [-0.1, -0.05) is 43.3 Å². The lowest BCUT2D eigenvalue weighted by Gasteiger charge is -2.11. The molecule has 5 rings (SSSR count). The van der Waals surface area contributed by atoms with Crippen LogP contribution in [0.5, 0.6) is 0 Å². The van der Waals surface area contributed by atoms with E-state index in [1.165, 1.54) is 33.8 Å². The number of para-hydroxylation sites is 1. The normalized spacial score (nSPS) is 16.8. The summed E-state index contributed by atoms with van der Waals surface area (Å²) in [6.45, 7) is 4.81. The van der Waals surface area contributed by atoms with Gasteiger partial charge >= 0.3 is 5.97 Å². The number of benzene rings is 2. The summed E-state index contributed by atoms with van der Waals surface area (Å²) >= 11 is 3.84. The molecule has 7 heteroatoms. The van der Waals surface area contributed by atoms with Gasteiger partial charge in [0.25, 0.3) is 0 Å². The van der Waals surface area contributed by atoms with Crippen LogP contribution in [0.15, 0.2) is 58.8 Å². The number of carboxylic acid groups (broad SMARTS) is 1. The van der Waals surface area contributed by atoms with E-state index in [-0.39, 0.29) is 6.42 Å². The second-order valence-corrected chi connectivity index (χ2v) is 9.75. The molecular formula is C22H23N3O2S2. The molecule has 2 aromatic carbocycles. The van der Waals surface area contributed by atoms with E-state index in [2.05, 4.69) is 51.8 Å². The number of H-pyrrole nitrogens is 1. The molecule has 1 atom stereocenters. The monoisotopic (exact) mass is 425 g/mol. The molecule has 29 heavy (non-hydrogen) atoms. The Bertz CT molecular complexity index is 1090. The van der Waals surface area contributed by atoms with Crippen LogP contribution in [0.2, 0.25) is 0 Å². The minimum Gasteiger partial charge on any atom is -0.481 e. The fourth-order valence-electron chi connectivity index (χ4n) is 3.41. The van der Waals surface area contributed by atoms with E-state index in [0.29, 0.717) is 5.69 Å². The number of nitrogens with zero attached hydrogens (tertiary/aromatic N) is 2. The standard InChI is InChI=1S/C13H15NS2.C9H8N2O2/c1-10-6-7-14(9-10)16-13-8-11-4-2-3-5-12(11)15-13;12-9(13)5-8-6-3-1-2-4-7(6)10-11-8/h2-5,8,10H,6-7,9H2,1H3;1-4H,5H2,(H,10,11)(H,12,13)/t10-;/m0./s1. The second-order valence-electron chi connectivity index (χ2n) is 7.27. The van der Waals surface area contributed by atoms with Gasteiger partial charge in [-0.25, -0.2) is 4.31 Å². The molecule has 1 saturated heterocycles. The maximum Gasteiger partial charge on any atom is 0.309 e. The first kappa shape index (κ1) is 19.9. The summed E-state index contributed by atoms with van der Waals surface area (Å²) in [4.78, 5) is 10.5. The maximum atomic E-state index is 10.5. The van der Waals surface area contributed by atoms with Crippen LogP contribution in [0.4, 0.5) is 0 Å². The third-order valence-corrected chi connectivity index (χ3v) is 7.15. The van der Waals surface area contributed by atoms with Gasteiger partial charge in [0.1, 0.15) is 0 Å². The van der Waals surface area contributed by atoms with Crippen LogP contribution in [0.1, 0.15) is 19.0 Å². The fraction of sp³-hybridized carbons (Fsp3) is 0.273. The summed E-state index contributed by atoms with van der Waals surface area (Å²) in [5.41, 5.74) is 1.46. The van der Waals surface area contributed by atoms with Crippen molar-refractivity contribution in [3.8, 4) is 0 Å². The largest absolute Gasteiger partial charge is 0.481 e. The van der Waals surface area contributed by atoms with Crippen molar-refractivity contribution < 1.29 is 9.90 Å². The zero-order chi connectivity index (χ0) is 20.2. The molecule has 1 fully saturated rings. The smallest absolute Gasteiger partial charge is 0.309 e. The molecule has 0 spiro atoms. The number of carboxylic acids is 1. The number of aromatic nitrogens is 2. The van der Waals surface area contributed by atoms with Crippen LogP contribution < -0.4 is 0 Å². The number of fused-ring (bicyclic) bond motifs is 2. The molecule has 1 aliphatic rings. The zero-order valence-corrected chi connectivity index (χ0v) is 17.8. The number of nitrogens with one attached hydrogen (secondary N) is 1. The minimum atomic E-state index is -0.852. The van der Waals surface area contributed by atoms with Crippen LogP contribution in [-0.4, -0.2) is 38.7 Å². The molecule has 2 N–H and O–H groups in total. The van der Waals surface area contributed by atoms with Gasteiger partial charge in [-0.3, -0.25) is 9.89 Å². The van der Waals surface area contributed by atoms with Crippen molar-refractivity contribution in [3.05, 3.63) is 60.3 Å². The van der Waals surface area contributed by atoms with E-state index in [0.717, 1.165) is 16.8 Å². The van der Waals surface area contributed by atoms with Crippen molar-refractivity contribution in [1.82, 2.24) is 14.5 Å². The van der Waals surface area contributed by atoms with Gasteiger partial charge in [-0.05, 0) is 47.9 Å². The number of aromatic amines is 1. The first-order chi connectivity index (χ1) is 14.1. The van der Waals surface area contributed by atoms with Crippen LogP contribution in [0.3, 0.4) is 0 Å². The zero-order valence-electron chi connectivity index (χ0n) is 16.2. The maximum absolute atomic E-state index is 10.5. The number of thiophene rings is 1. The summed E-state index contributed by atoms with van der Waals surface area (Å²) in [5, 5.41) is 17.6. The number of hydrogen-bond acceptors (Lipinski definition) is 5. The second kappa shape index (κ2) is 8.98. The van der Waals surface area contributed by atoms with Gasteiger partial charge in [0.15, 0.2) is 0 Å². The molecule has 1 aliphatic heterocycles. The fourth-order valence-corrected chi connectivity index (χ4v) is 5.90. The van der Waals surface area contributed by atoms with Crippen LogP contribution in [-0.2, 0) is 11.2 Å². The highest BCUT2D eigenvalue weighted by atomic mass is 32.2. The summed E-state index contributed by atoms with van der Waals surface area (Å²) in [6, 6.07) is 18.4. The van der Waals surface area contributed by atoms with E-state index in [4.69, 9.17) is 5.11 Å². The van der Waals surface area contributed by atoms with Crippen molar-refractivity contribution in [2.45, 2.75) is 24.0 Å². The van der Waals surface area contributed by atoms with Gasteiger partial charge in [0.2, 0.25) is 0 Å². The van der Waals surface area contributed by atoms with E-state index < -0.39 is 5.97 Å². The molecule has 2 aromatic heterocycles. The summed E-state index contributed by atoms with van der Waals surface area (Å²) in [7, 11) is 0. The third kappa shape index (κ3) is 4.98. The van der Waals surface area contributed by atoms with Crippen molar-refractivity contribution >= 4 is 50.2 Å². The van der Waals surface area contributed by atoms with Crippen molar-refractivity contribution in [3.63, 3.8) is 0 Å². The van der Waals surface area contributed by atoms with Gasteiger partial charge in [-0.2, -0.15) is 5.10 Å². The number of carbonyl (C=O) groups is 1. The molecule has 0 unspecified atom stereocenters. The van der Waals surface area contributed by atoms with E-state index >= 15 is 0 Å². The average Bonchev–Trinajstić information content (AvgIpc) is 3.41. The molecule has 0 aliphatic carbocycles. The number of hydrogen-bond donors (Lipinski definition) is 2. The average molecular weight is 426 g/mol. The highest BCUT2D eigenvalue weighted by Gasteiger charge is 2.20. The summed E-state index contributed by atoms with van der Waals surface area (Å²) in [5.74, 6) is 0.0104. The van der Waals surface area contributed by atoms with E-state index in [9.17, 15) is 4.79 Å². The van der Waals surface area contributed by atoms with Gasteiger partial charge in [0.05, 0.1) is 21.8 Å². The topological polar surface area (TPSA) is 69.2 Å². The summed E-state index contributed by atoms with van der Waals surface area (Å²) in [6.07, 6.45) is 1.33. The molecule has 3 heterocycles. The van der Waals surface area contributed by atoms with Crippen molar-refractivity contribution in [1.29, 1.82) is 0 Å². The van der Waals surface area contributed by atoms with Crippen molar-refractivity contribution in [2.75, 3.05) is 13.1 Å². The third-order valence-electron chi connectivity index (χ3n) is 4.88. The molecule has 0 radical (unpaired) electrons. The number of rotatable bonds is 4. The number of aliphatic carboxylic acids is 1. The predicted octanol–water partition coefficient (Wildman–Crippen LogP) is 5.44. The molecule has 0 amide bonds. The summed E-state index contributed by atoms with van der Waals surface area (Å²) < 4.78 is 5.32. The molecule has 0 bridgehead atoms. The quantitative estimate of drug-likeness (QED) is 0.426. The Hall–Kier alpha value is -2.35. The van der Waals surface area contributed by atoms with Crippen LogP contribution in [0.25, 0.3) is 21.0 Å². The van der Waals surface area contributed by atoms with Gasteiger partial charge < -0.3 is 5.11 Å².